The van der Waals surface area contributed by atoms with Crippen molar-refractivity contribution in [1.82, 2.24) is 4.98 Å². The average molecular weight is 232 g/mol. The largest absolute Gasteiger partial charge is 0.455 e. The summed E-state index contributed by atoms with van der Waals surface area (Å²) in [5, 5.41) is 0.841. The molecular weight excluding hydrogens is 216 g/mol. The second-order valence-corrected chi connectivity index (χ2v) is 4.96. The molecule has 1 heterocycles. The van der Waals surface area contributed by atoms with Crippen molar-refractivity contribution in [3.8, 4) is 0 Å². The summed E-state index contributed by atoms with van der Waals surface area (Å²) in [6, 6.07) is 7.51. The van der Waals surface area contributed by atoms with Crippen molar-refractivity contribution in [3.05, 3.63) is 30.0 Å². The third-order valence-corrected chi connectivity index (χ3v) is 2.35. The topological polar surface area (TPSA) is 68.1 Å². The zero-order valence-corrected chi connectivity index (χ0v) is 10.2. The van der Waals surface area contributed by atoms with Crippen molar-refractivity contribution < 1.29 is 9.53 Å². The van der Waals surface area contributed by atoms with Crippen LogP contribution in [-0.2, 0) is 4.74 Å². The van der Waals surface area contributed by atoms with E-state index in [0.717, 1.165) is 10.9 Å². The SMILES string of the molecule is CC(C)(C)OC(=O)c1[nH]c2ccccc2c1N. The van der Waals surface area contributed by atoms with Gasteiger partial charge in [-0.2, -0.15) is 0 Å². The number of anilines is 1. The molecule has 0 unspecified atom stereocenters. The number of fused-ring (bicyclic) bond motifs is 1. The molecule has 0 fully saturated rings. The number of nitrogens with two attached hydrogens (primary N) is 1. The first-order chi connectivity index (χ1) is 7.88. The molecule has 0 aliphatic carbocycles. The number of carbonyl (C=O) groups excluding carboxylic acids is 1. The molecule has 0 saturated heterocycles. The lowest BCUT2D eigenvalue weighted by Crippen LogP contribution is -2.24. The van der Waals surface area contributed by atoms with Crippen molar-refractivity contribution in [2.45, 2.75) is 26.4 Å². The van der Waals surface area contributed by atoms with Gasteiger partial charge in [0.1, 0.15) is 11.3 Å². The maximum absolute atomic E-state index is 11.9. The van der Waals surface area contributed by atoms with E-state index in [1.165, 1.54) is 0 Å². The molecule has 90 valence electrons. The van der Waals surface area contributed by atoms with Crippen LogP contribution in [0.4, 0.5) is 5.69 Å². The third kappa shape index (κ3) is 2.25. The van der Waals surface area contributed by atoms with Crippen LogP contribution in [0.25, 0.3) is 10.9 Å². The Kier molecular flexibility index (Phi) is 2.58. The van der Waals surface area contributed by atoms with Crippen LogP contribution in [0.5, 0.6) is 0 Å². The zero-order valence-electron chi connectivity index (χ0n) is 10.2. The molecule has 4 nitrogen and oxygen atoms in total. The van der Waals surface area contributed by atoms with Crippen LogP contribution in [0.3, 0.4) is 0 Å². The lowest BCUT2D eigenvalue weighted by atomic mass is 10.2. The van der Waals surface area contributed by atoms with Gasteiger partial charge in [0.25, 0.3) is 0 Å². The summed E-state index contributed by atoms with van der Waals surface area (Å²) < 4.78 is 5.28. The normalized spacial score (nSPS) is 11.7. The number of hydrogen-bond acceptors (Lipinski definition) is 3. The number of H-pyrrole nitrogens is 1. The van der Waals surface area contributed by atoms with E-state index >= 15 is 0 Å². The van der Waals surface area contributed by atoms with Gasteiger partial charge in [0, 0.05) is 10.9 Å². The van der Waals surface area contributed by atoms with Crippen LogP contribution in [0.2, 0.25) is 0 Å². The van der Waals surface area contributed by atoms with E-state index in [9.17, 15) is 4.79 Å². The van der Waals surface area contributed by atoms with Crippen molar-refractivity contribution in [1.29, 1.82) is 0 Å². The van der Waals surface area contributed by atoms with E-state index in [4.69, 9.17) is 10.5 Å². The number of nitrogen functional groups attached to an aromatic ring is 1. The van der Waals surface area contributed by atoms with Gasteiger partial charge < -0.3 is 15.5 Å². The van der Waals surface area contributed by atoms with E-state index in [1.807, 2.05) is 45.0 Å². The molecule has 1 aromatic heterocycles. The van der Waals surface area contributed by atoms with Gasteiger partial charge in [-0.05, 0) is 26.8 Å². The van der Waals surface area contributed by atoms with Gasteiger partial charge in [-0.15, -0.1) is 0 Å². The summed E-state index contributed by atoms with van der Waals surface area (Å²) in [5.74, 6) is -0.425. The van der Waals surface area contributed by atoms with Crippen LogP contribution in [0.1, 0.15) is 31.3 Å². The van der Waals surface area contributed by atoms with E-state index in [0.29, 0.717) is 11.4 Å². The number of esters is 1. The summed E-state index contributed by atoms with van der Waals surface area (Å²) in [6.07, 6.45) is 0. The fourth-order valence-corrected chi connectivity index (χ4v) is 1.65. The van der Waals surface area contributed by atoms with Gasteiger partial charge in [-0.3, -0.25) is 0 Å². The first-order valence-corrected chi connectivity index (χ1v) is 5.48. The fourth-order valence-electron chi connectivity index (χ4n) is 1.65. The Balaban J connectivity index is 2.43. The summed E-state index contributed by atoms with van der Waals surface area (Å²) >= 11 is 0. The number of hydrogen-bond donors (Lipinski definition) is 2. The highest BCUT2D eigenvalue weighted by atomic mass is 16.6. The Morgan fingerprint density at radius 2 is 1.94 bits per heavy atom. The maximum atomic E-state index is 11.9. The highest BCUT2D eigenvalue weighted by Crippen LogP contribution is 2.26. The van der Waals surface area contributed by atoms with Gasteiger partial charge in [0.15, 0.2) is 0 Å². The van der Waals surface area contributed by atoms with Gasteiger partial charge >= 0.3 is 5.97 Å². The molecule has 0 bridgehead atoms. The van der Waals surface area contributed by atoms with E-state index in [-0.39, 0.29) is 0 Å². The Bertz CT molecular complexity index is 564. The van der Waals surface area contributed by atoms with Gasteiger partial charge in [-0.1, -0.05) is 18.2 Å². The molecule has 0 spiro atoms. The van der Waals surface area contributed by atoms with Crippen LogP contribution in [-0.4, -0.2) is 16.6 Å². The molecule has 4 heteroatoms. The van der Waals surface area contributed by atoms with Crippen molar-refractivity contribution in [3.63, 3.8) is 0 Å². The number of carbonyl (C=O) groups is 1. The van der Waals surface area contributed by atoms with Crippen molar-refractivity contribution in [2.75, 3.05) is 5.73 Å². The molecule has 0 atom stereocenters. The number of rotatable bonds is 1. The summed E-state index contributed by atoms with van der Waals surface area (Å²) in [4.78, 5) is 14.9. The van der Waals surface area contributed by atoms with Crippen LogP contribution in [0.15, 0.2) is 24.3 Å². The average Bonchev–Trinajstić information content (AvgIpc) is 2.55. The molecule has 0 aliphatic rings. The molecule has 0 amide bonds. The van der Waals surface area contributed by atoms with Gasteiger partial charge in [0.2, 0.25) is 0 Å². The highest BCUT2D eigenvalue weighted by Gasteiger charge is 2.22. The van der Waals surface area contributed by atoms with Crippen molar-refractivity contribution in [2.24, 2.45) is 0 Å². The molecule has 1 aromatic carbocycles. The Morgan fingerprint density at radius 1 is 1.29 bits per heavy atom. The number of nitrogens with one attached hydrogen (secondary N) is 1. The van der Waals surface area contributed by atoms with Crippen LogP contribution in [0, 0.1) is 0 Å². The molecule has 17 heavy (non-hydrogen) atoms. The molecular formula is C13H16N2O2. The second-order valence-electron chi connectivity index (χ2n) is 4.96. The summed E-state index contributed by atoms with van der Waals surface area (Å²) in [6.45, 7) is 5.47. The third-order valence-electron chi connectivity index (χ3n) is 2.35. The predicted octanol–water partition coefficient (Wildman–Crippen LogP) is 2.71. The summed E-state index contributed by atoms with van der Waals surface area (Å²) in [7, 11) is 0. The van der Waals surface area contributed by atoms with Crippen LogP contribution >= 0.6 is 0 Å². The molecule has 2 rings (SSSR count). The second kappa shape index (κ2) is 3.80. The zero-order chi connectivity index (χ0) is 12.6. The standard InChI is InChI=1S/C13H16N2O2/c1-13(2,3)17-12(16)11-10(14)8-6-4-5-7-9(8)15-11/h4-7,15H,14H2,1-3H3. The minimum Gasteiger partial charge on any atom is -0.455 e. The number of aromatic amines is 1. The minimum atomic E-state index is -0.527. The van der Waals surface area contributed by atoms with Crippen molar-refractivity contribution >= 4 is 22.6 Å². The maximum Gasteiger partial charge on any atom is 0.357 e. The number of aromatic nitrogens is 1. The lowest BCUT2D eigenvalue weighted by molar-refractivity contribution is 0.00652. The smallest absolute Gasteiger partial charge is 0.357 e. The van der Waals surface area contributed by atoms with E-state index in [1.54, 1.807) is 0 Å². The number of benzene rings is 1. The molecule has 0 aliphatic heterocycles. The molecule has 0 radical (unpaired) electrons. The number of para-hydroxylation sites is 1. The predicted molar refractivity (Wildman–Crippen MR) is 67.9 cm³/mol. The Labute approximate surface area is 99.8 Å². The quantitative estimate of drug-likeness (QED) is 0.743. The van der Waals surface area contributed by atoms with Crippen LogP contribution < -0.4 is 5.73 Å². The summed E-state index contributed by atoms with van der Waals surface area (Å²) in [5.41, 5.74) is 7.00. The Hall–Kier alpha value is -1.97. The minimum absolute atomic E-state index is 0.320. The van der Waals surface area contributed by atoms with E-state index in [2.05, 4.69) is 4.98 Å². The fraction of sp³-hybridized carbons (Fsp3) is 0.308. The first kappa shape index (κ1) is 11.5. The molecule has 2 aromatic rings. The molecule has 0 saturated carbocycles. The van der Waals surface area contributed by atoms with Gasteiger partial charge in [-0.25, -0.2) is 4.79 Å². The monoisotopic (exact) mass is 232 g/mol. The van der Waals surface area contributed by atoms with Gasteiger partial charge in [0.05, 0.1) is 5.69 Å². The lowest BCUT2D eigenvalue weighted by Gasteiger charge is -2.19. The van der Waals surface area contributed by atoms with E-state index < -0.39 is 11.6 Å². The Morgan fingerprint density at radius 3 is 2.53 bits per heavy atom. The number of ether oxygens (including phenoxy) is 1. The first-order valence-electron chi connectivity index (χ1n) is 5.48. The highest BCUT2D eigenvalue weighted by molar-refractivity contribution is 6.05. The molecule has 3 N–H and O–H groups in total.